The number of aliphatic hydroxyl groups is 2. The number of carbonyl (C=O) groups excluding carboxylic acids is 1. The van der Waals surface area contributed by atoms with Gasteiger partial charge in [0.15, 0.2) is 0 Å². The van der Waals surface area contributed by atoms with Crippen LogP contribution in [0, 0.1) is 11.8 Å². The van der Waals surface area contributed by atoms with Crippen LogP contribution in [-0.2, 0) is 4.79 Å². The molecular weight excluding hydrogens is 132 g/mol. The molecule has 0 unspecified atom stereocenters. The van der Waals surface area contributed by atoms with Crippen LogP contribution in [0.2, 0.25) is 0 Å². The number of ketones is 1. The summed E-state index contributed by atoms with van der Waals surface area (Å²) < 4.78 is 0. The molecule has 0 aliphatic heterocycles. The summed E-state index contributed by atoms with van der Waals surface area (Å²) in [5.41, 5.74) is 0. The monoisotopic (exact) mass is 142 g/mol. The van der Waals surface area contributed by atoms with Gasteiger partial charge in [-0.25, -0.2) is 0 Å². The van der Waals surface area contributed by atoms with E-state index in [2.05, 4.69) is 0 Å². The predicted molar refractivity (Wildman–Crippen MR) is 33.2 cm³/mol. The average Bonchev–Trinajstić information content (AvgIpc) is 2.36. The topological polar surface area (TPSA) is 57.5 Å². The van der Waals surface area contributed by atoms with Crippen LogP contribution < -0.4 is 0 Å². The first-order valence-electron chi connectivity index (χ1n) is 3.59. The second kappa shape index (κ2) is 1.80. The zero-order valence-electron chi connectivity index (χ0n) is 5.53. The molecule has 56 valence electrons. The van der Waals surface area contributed by atoms with Gasteiger partial charge in [-0.3, -0.25) is 4.79 Å². The molecule has 3 nitrogen and oxygen atoms in total. The quantitative estimate of drug-likeness (QED) is 0.471. The van der Waals surface area contributed by atoms with E-state index in [-0.39, 0.29) is 17.6 Å². The van der Waals surface area contributed by atoms with Crippen LogP contribution in [0.3, 0.4) is 0 Å². The van der Waals surface area contributed by atoms with Crippen molar-refractivity contribution in [2.24, 2.45) is 11.8 Å². The van der Waals surface area contributed by atoms with Gasteiger partial charge in [-0.15, -0.1) is 0 Å². The van der Waals surface area contributed by atoms with Crippen LogP contribution in [0.4, 0.5) is 0 Å². The summed E-state index contributed by atoms with van der Waals surface area (Å²) in [6.07, 6.45) is -0.238. The summed E-state index contributed by atoms with van der Waals surface area (Å²) in [6.45, 7) is 0. The van der Waals surface area contributed by atoms with Gasteiger partial charge in [-0.1, -0.05) is 0 Å². The Kier molecular flexibility index (Phi) is 1.13. The minimum absolute atomic E-state index is 0.0486. The van der Waals surface area contributed by atoms with Gasteiger partial charge in [-0.2, -0.15) is 0 Å². The van der Waals surface area contributed by atoms with E-state index in [1.807, 2.05) is 0 Å². The van der Waals surface area contributed by atoms with E-state index in [0.29, 0.717) is 12.8 Å². The number of aliphatic hydroxyl groups excluding tert-OH is 2. The van der Waals surface area contributed by atoms with Crippen LogP contribution in [0.5, 0.6) is 0 Å². The molecule has 10 heavy (non-hydrogen) atoms. The van der Waals surface area contributed by atoms with Gasteiger partial charge < -0.3 is 10.2 Å². The van der Waals surface area contributed by atoms with Crippen molar-refractivity contribution in [1.29, 1.82) is 0 Å². The third-order valence-electron chi connectivity index (χ3n) is 2.68. The van der Waals surface area contributed by atoms with Gasteiger partial charge in [0, 0.05) is 12.3 Å². The normalized spacial score (nSPS) is 52.4. The molecule has 0 saturated heterocycles. The maximum atomic E-state index is 10.9. The molecule has 2 fully saturated rings. The number of hydrogen-bond acceptors (Lipinski definition) is 3. The van der Waals surface area contributed by atoms with Gasteiger partial charge in [0.1, 0.15) is 5.78 Å². The Morgan fingerprint density at radius 3 is 2.40 bits per heavy atom. The molecule has 2 rings (SSSR count). The van der Waals surface area contributed by atoms with Crippen LogP contribution in [0.25, 0.3) is 0 Å². The molecule has 0 heterocycles. The lowest BCUT2D eigenvalue weighted by atomic mass is 9.94. The highest BCUT2D eigenvalue weighted by molar-refractivity contribution is 5.85. The van der Waals surface area contributed by atoms with Crippen LogP contribution >= 0.6 is 0 Å². The van der Waals surface area contributed by atoms with Crippen molar-refractivity contribution in [3.8, 4) is 0 Å². The van der Waals surface area contributed by atoms with Gasteiger partial charge in [-0.05, 0) is 12.3 Å². The summed E-state index contributed by atoms with van der Waals surface area (Å²) in [5, 5.41) is 18.4. The molecule has 2 bridgehead atoms. The first-order chi connectivity index (χ1) is 4.70. The van der Waals surface area contributed by atoms with E-state index >= 15 is 0 Å². The zero-order chi connectivity index (χ0) is 7.30. The Morgan fingerprint density at radius 2 is 2.00 bits per heavy atom. The Balaban J connectivity index is 2.24. The number of hydrogen-bond donors (Lipinski definition) is 2. The zero-order valence-corrected chi connectivity index (χ0v) is 5.53. The Bertz CT molecular complexity index is 176. The average molecular weight is 142 g/mol. The van der Waals surface area contributed by atoms with E-state index in [9.17, 15) is 15.0 Å². The van der Waals surface area contributed by atoms with Crippen molar-refractivity contribution in [3.05, 3.63) is 0 Å². The molecule has 0 aromatic rings. The van der Waals surface area contributed by atoms with Crippen molar-refractivity contribution >= 4 is 5.78 Å². The van der Waals surface area contributed by atoms with Crippen LogP contribution in [0.1, 0.15) is 12.8 Å². The molecule has 0 aromatic carbocycles. The molecule has 0 radical (unpaired) electrons. The molecule has 2 N–H and O–H groups in total. The van der Waals surface area contributed by atoms with Gasteiger partial charge in [0.25, 0.3) is 0 Å². The molecule has 0 aromatic heterocycles. The largest absolute Gasteiger partial charge is 0.390 e. The number of fused-ring (bicyclic) bond motifs is 2. The van der Waals surface area contributed by atoms with Crippen molar-refractivity contribution in [2.45, 2.75) is 25.0 Å². The van der Waals surface area contributed by atoms with Crippen molar-refractivity contribution < 1.29 is 15.0 Å². The molecule has 2 saturated carbocycles. The highest BCUT2D eigenvalue weighted by atomic mass is 16.3. The van der Waals surface area contributed by atoms with E-state index in [1.165, 1.54) is 0 Å². The first kappa shape index (κ1) is 6.31. The summed E-state index contributed by atoms with van der Waals surface area (Å²) >= 11 is 0. The minimum atomic E-state index is -0.772. The van der Waals surface area contributed by atoms with E-state index < -0.39 is 12.2 Å². The van der Waals surface area contributed by atoms with E-state index in [1.54, 1.807) is 0 Å². The van der Waals surface area contributed by atoms with Gasteiger partial charge in [0.05, 0.1) is 12.2 Å². The predicted octanol–water partition coefficient (Wildman–Crippen LogP) is -0.683. The SMILES string of the molecule is O=C1C[C@@H]2C[C@H]1[C@@H](O)[C@H]2O. The Hall–Kier alpha value is -0.410. The highest BCUT2D eigenvalue weighted by Gasteiger charge is 2.51. The third kappa shape index (κ3) is 0.592. The smallest absolute Gasteiger partial charge is 0.139 e. The van der Waals surface area contributed by atoms with Gasteiger partial charge in [0.2, 0.25) is 0 Å². The standard InChI is InChI=1S/C7H10O3/c8-5-2-3-1-4(5)7(10)6(3)9/h3-4,6-7,9-10H,1-2H2/t3-,4+,6-,7+/m0/s1. The lowest BCUT2D eigenvalue weighted by molar-refractivity contribution is -0.129. The molecule has 0 spiro atoms. The maximum Gasteiger partial charge on any atom is 0.139 e. The van der Waals surface area contributed by atoms with Crippen molar-refractivity contribution in [1.82, 2.24) is 0 Å². The lowest BCUT2D eigenvalue weighted by Crippen LogP contribution is -2.36. The molecule has 3 heteroatoms. The number of rotatable bonds is 0. The summed E-state index contributed by atoms with van der Waals surface area (Å²) in [4.78, 5) is 10.9. The fraction of sp³-hybridized carbons (Fsp3) is 0.857. The van der Waals surface area contributed by atoms with E-state index in [0.717, 1.165) is 0 Å². The molecular formula is C7H10O3. The van der Waals surface area contributed by atoms with E-state index in [4.69, 9.17) is 0 Å². The van der Waals surface area contributed by atoms with Crippen LogP contribution in [-0.4, -0.2) is 28.2 Å². The first-order valence-corrected chi connectivity index (χ1v) is 3.59. The fourth-order valence-electron chi connectivity index (χ4n) is 2.06. The highest BCUT2D eigenvalue weighted by Crippen LogP contribution is 2.42. The molecule has 0 amide bonds. The lowest BCUT2D eigenvalue weighted by Gasteiger charge is -2.20. The minimum Gasteiger partial charge on any atom is -0.390 e. The summed E-state index contributed by atoms with van der Waals surface area (Å²) in [7, 11) is 0. The second-order valence-corrected chi connectivity index (χ2v) is 3.25. The van der Waals surface area contributed by atoms with Crippen LogP contribution in [0.15, 0.2) is 0 Å². The number of carbonyl (C=O) groups is 1. The van der Waals surface area contributed by atoms with Gasteiger partial charge >= 0.3 is 0 Å². The Labute approximate surface area is 58.7 Å². The van der Waals surface area contributed by atoms with Crippen molar-refractivity contribution in [2.75, 3.05) is 0 Å². The second-order valence-electron chi connectivity index (χ2n) is 3.25. The summed E-state index contributed by atoms with van der Waals surface area (Å²) in [5.74, 6) is -0.0738. The number of Topliss-reactive ketones (excluding diaryl/α,β-unsaturated/α-hetero) is 1. The fourth-order valence-corrected chi connectivity index (χ4v) is 2.06. The summed E-state index contributed by atoms with van der Waals surface area (Å²) in [6, 6.07) is 0. The molecule has 2 aliphatic carbocycles. The Morgan fingerprint density at radius 1 is 1.30 bits per heavy atom. The third-order valence-corrected chi connectivity index (χ3v) is 2.68. The molecule has 2 aliphatic rings. The maximum absolute atomic E-state index is 10.9. The molecule has 4 atom stereocenters. The van der Waals surface area contributed by atoms with Crippen molar-refractivity contribution in [3.63, 3.8) is 0 Å².